The molecule has 0 atom stereocenters. The van der Waals surface area contributed by atoms with E-state index in [4.69, 9.17) is 0 Å². The highest BCUT2D eigenvalue weighted by Gasteiger charge is 2.05. The van der Waals surface area contributed by atoms with Crippen LogP contribution in [0.1, 0.15) is 11.1 Å². The van der Waals surface area contributed by atoms with E-state index in [2.05, 4.69) is 46.8 Å². The summed E-state index contributed by atoms with van der Waals surface area (Å²) in [7, 11) is 2.03. The van der Waals surface area contributed by atoms with Gasteiger partial charge in [-0.3, -0.25) is 0 Å². The van der Waals surface area contributed by atoms with Gasteiger partial charge in [-0.05, 0) is 38.1 Å². The first-order chi connectivity index (χ1) is 9.63. The molecule has 0 aliphatic carbocycles. The Kier molecular flexibility index (Phi) is 3.11. The molecule has 3 rings (SSSR count). The van der Waals surface area contributed by atoms with Crippen molar-refractivity contribution in [3.8, 4) is 0 Å². The zero-order valence-electron chi connectivity index (χ0n) is 12.0. The van der Waals surface area contributed by atoms with Crippen molar-refractivity contribution in [3.63, 3.8) is 0 Å². The lowest BCUT2D eigenvalue weighted by Crippen LogP contribution is -1.82. The predicted molar refractivity (Wildman–Crippen MR) is 83.0 cm³/mol. The summed E-state index contributed by atoms with van der Waals surface area (Å²) in [6.45, 7) is 4.15. The minimum Gasteiger partial charge on any atom is -0.348 e. The van der Waals surface area contributed by atoms with Crippen LogP contribution >= 0.6 is 0 Å². The lowest BCUT2D eigenvalue weighted by atomic mass is 10.2. The number of nitrogens with zero attached hydrogens (tertiary/aromatic N) is 3. The molecule has 0 bridgehead atoms. The molecule has 0 aliphatic heterocycles. The van der Waals surface area contributed by atoms with Crippen LogP contribution in [0.5, 0.6) is 0 Å². The van der Waals surface area contributed by atoms with Crippen LogP contribution in [-0.4, -0.2) is 4.57 Å². The maximum absolute atomic E-state index is 4.40. The van der Waals surface area contributed by atoms with Gasteiger partial charge in [0.05, 0.1) is 11.2 Å². The third kappa shape index (κ3) is 2.35. The lowest BCUT2D eigenvalue weighted by Gasteiger charge is -1.96. The monoisotopic (exact) mass is 263 g/mol. The van der Waals surface area contributed by atoms with Gasteiger partial charge in [-0.1, -0.05) is 29.3 Å². The van der Waals surface area contributed by atoms with E-state index in [0.717, 1.165) is 16.8 Å². The zero-order chi connectivity index (χ0) is 14.1. The smallest absolute Gasteiger partial charge is 0.111 e. The van der Waals surface area contributed by atoms with Gasteiger partial charge in [0.2, 0.25) is 0 Å². The van der Waals surface area contributed by atoms with Gasteiger partial charge in [0.1, 0.15) is 5.69 Å². The van der Waals surface area contributed by atoms with Crippen LogP contribution in [0.25, 0.3) is 10.9 Å². The molecule has 1 aromatic heterocycles. The Labute approximate surface area is 118 Å². The summed E-state index contributed by atoms with van der Waals surface area (Å²) in [5.74, 6) is 0. The zero-order valence-corrected chi connectivity index (χ0v) is 12.0. The molecule has 0 N–H and O–H groups in total. The Bertz CT molecular complexity index is 780. The van der Waals surface area contributed by atoms with Crippen molar-refractivity contribution in [1.82, 2.24) is 4.57 Å². The second kappa shape index (κ2) is 4.93. The van der Waals surface area contributed by atoms with E-state index >= 15 is 0 Å². The summed E-state index contributed by atoms with van der Waals surface area (Å²) in [5.41, 5.74) is 5.42. The second-order valence-corrected chi connectivity index (χ2v) is 5.18. The van der Waals surface area contributed by atoms with Crippen LogP contribution in [0.15, 0.2) is 58.9 Å². The topological polar surface area (TPSA) is 29.6 Å². The molecule has 0 unspecified atom stereocenters. The van der Waals surface area contributed by atoms with E-state index in [-0.39, 0.29) is 0 Å². The molecule has 3 nitrogen and oxygen atoms in total. The van der Waals surface area contributed by atoms with E-state index in [1.54, 1.807) is 0 Å². The highest BCUT2D eigenvalue weighted by Crippen LogP contribution is 2.30. The number of aryl methyl sites for hydroxylation is 3. The number of rotatable bonds is 2. The molecule has 0 fully saturated rings. The van der Waals surface area contributed by atoms with Crippen molar-refractivity contribution < 1.29 is 0 Å². The maximum Gasteiger partial charge on any atom is 0.111 e. The molecule has 100 valence electrons. The summed E-state index contributed by atoms with van der Waals surface area (Å²) in [6.07, 6.45) is 2.02. The molecule has 0 saturated heterocycles. The first-order valence-corrected chi connectivity index (χ1v) is 6.67. The van der Waals surface area contributed by atoms with Gasteiger partial charge < -0.3 is 4.57 Å². The molecular weight excluding hydrogens is 246 g/mol. The van der Waals surface area contributed by atoms with Crippen LogP contribution < -0.4 is 0 Å². The van der Waals surface area contributed by atoms with Gasteiger partial charge in [0.15, 0.2) is 0 Å². The average molecular weight is 263 g/mol. The Morgan fingerprint density at radius 1 is 0.850 bits per heavy atom. The Hall–Kier alpha value is -2.42. The summed E-state index contributed by atoms with van der Waals surface area (Å²) in [4.78, 5) is 0. The standard InChI is InChI=1S/C17H17N3/c1-12-4-7-14(8-5-12)18-19-16-11-20(3)17-9-6-13(2)10-15(16)17/h4-11H,1-3H3. The number of hydrogen-bond donors (Lipinski definition) is 0. The van der Waals surface area contributed by atoms with Crippen molar-refractivity contribution in [2.75, 3.05) is 0 Å². The molecule has 3 heteroatoms. The highest BCUT2D eigenvalue weighted by atomic mass is 15.1. The number of azo groups is 1. The van der Waals surface area contributed by atoms with E-state index in [0.29, 0.717) is 0 Å². The van der Waals surface area contributed by atoms with Gasteiger partial charge in [-0.15, -0.1) is 5.11 Å². The van der Waals surface area contributed by atoms with Gasteiger partial charge in [-0.25, -0.2) is 0 Å². The molecule has 0 aliphatic rings. The number of hydrogen-bond acceptors (Lipinski definition) is 2. The molecule has 0 radical (unpaired) electrons. The molecule has 0 spiro atoms. The maximum atomic E-state index is 4.40. The summed E-state index contributed by atoms with van der Waals surface area (Å²) in [6, 6.07) is 14.4. The van der Waals surface area contributed by atoms with Crippen molar-refractivity contribution in [2.45, 2.75) is 13.8 Å². The first-order valence-electron chi connectivity index (χ1n) is 6.67. The summed E-state index contributed by atoms with van der Waals surface area (Å²) < 4.78 is 2.08. The normalized spacial score (nSPS) is 11.6. The van der Waals surface area contributed by atoms with Crippen LogP contribution in [0.4, 0.5) is 11.4 Å². The van der Waals surface area contributed by atoms with Crippen molar-refractivity contribution in [3.05, 3.63) is 59.8 Å². The minimum absolute atomic E-state index is 0.875. The first kappa shape index (κ1) is 12.6. The fourth-order valence-corrected chi connectivity index (χ4v) is 2.29. The molecule has 0 saturated carbocycles. The van der Waals surface area contributed by atoms with E-state index < -0.39 is 0 Å². The molecular formula is C17H17N3. The van der Waals surface area contributed by atoms with Crippen molar-refractivity contribution in [1.29, 1.82) is 0 Å². The Balaban J connectivity index is 2.02. The summed E-state index contributed by atoms with van der Waals surface area (Å²) in [5, 5.41) is 9.86. The quantitative estimate of drug-likeness (QED) is 0.568. The second-order valence-electron chi connectivity index (χ2n) is 5.18. The van der Waals surface area contributed by atoms with E-state index in [1.807, 2.05) is 37.5 Å². The third-order valence-corrected chi connectivity index (χ3v) is 3.43. The van der Waals surface area contributed by atoms with Crippen molar-refractivity contribution in [2.24, 2.45) is 17.3 Å². The van der Waals surface area contributed by atoms with Gasteiger partial charge in [0, 0.05) is 18.6 Å². The Morgan fingerprint density at radius 3 is 2.30 bits per heavy atom. The Morgan fingerprint density at radius 2 is 1.55 bits per heavy atom. The van der Waals surface area contributed by atoms with Crippen LogP contribution in [-0.2, 0) is 7.05 Å². The van der Waals surface area contributed by atoms with E-state index in [9.17, 15) is 0 Å². The molecule has 1 heterocycles. The van der Waals surface area contributed by atoms with Crippen molar-refractivity contribution >= 4 is 22.3 Å². The largest absolute Gasteiger partial charge is 0.348 e. The SMILES string of the molecule is Cc1ccc(N=Nc2cn(C)c3ccc(C)cc23)cc1. The fraction of sp³-hybridized carbons (Fsp3) is 0.176. The predicted octanol–water partition coefficient (Wildman–Crippen LogP) is 5.21. The molecule has 20 heavy (non-hydrogen) atoms. The van der Waals surface area contributed by atoms with E-state index in [1.165, 1.54) is 16.6 Å². The number of aromatic nitrogens is 1. The summed E-state index contributed by atoms with van der Waals surface area (Å²) >= 11 is 0. The number of benzene rings is 2. The highest BCUT2D eigenvalue weighted by molar-refractivity contribution is 5.91. The van der Waals surface area contributed by atoms with Gasteiger partial charge >= 0.3 is 0 Å². The lowest BCUT2D eigenvalue weighted by molar-refractivity contribution is 0.966. The van der Waals surface area contributed by atoms with Gasteiger partial charge in [-0.2, -0.15) is 5.11 Å². The van der Waals surface area contributed by atoms with Crippen LogP contribution in [0.2, 0.25) is 0 Å². The molecule has 0 amide bonds. The molecule has 2 aromatic carbocycles. The molecule has 3 aromatic rings. The average Bonchev–Trinajstić information content (AvgIpc) is 2.74. The third-order valence-electron chi connectivity index (χ3n) is 3.43. The van der Waals surface area contributed by atoms with Gasteiger partial charge in [0.25, 0.3) is 0 Å². The minimum atomic E-state index is 0.875. The number of fused-ring (bicyclic) bond motifs is 1. The van der Waals surface area contributed by atoms with Crippen LogP contribution in [0.3, 0.4) is 0 Å². The van der Waals surface area contributed by atoms with Crippen LogP contribution in [0, 0.1) is 13.8 Å². The fourth-order valence-electron chi connectivity index (χ4n) is 2.29.